The van der Waals surface area contributed by atoms with Gasteiger partial charge in [0.1, 0.15) is 11.6 Å². The minimum Gasteiger partial charge on any atom is -0.494 e. The van der Waals surface area contributed by atoms with Crippen molar-refractivity contribution >= 4 is 27.3 Å². The van der Waals surface area contributed by atoms with E-state index in [1.807, 2.05) is 0 Å². The van der Waals surface area contributed by atoms with Crippen molar-refractivity contribution in [3.05, 3.63) is 62.9 Å². The van der Waals surface area contributed by atoms with Crippen molar-refractivity contribution in [3.63, 3.8) is 0 Å². The smallest absolute Gasteiger partial charge is 0.275 e. The molecule has 0 atom stereocenters. The summed E-state index contributed by atoms with van der Waals surface area (Å²) in [7, 11) is -2.58. The Morgan fingerprint density at radius 2 is 1.89 bits per heavy atom. The maximum absolute atomic E-state index is 12.8. The molecule has 0 spiro atoms. The van der Waals surface area contributed by atoms with E-state index in [0.717, 1.165) is 10.4 Å². The van der Waals surface area contributed by atoms with E-state index >= 15 is 0 Å². The molecule has 0 fully saturated rings. The Balaban J connectivity index is 2.03. The molecular weight excluding hydrogens is 399 g/mol. The van der Waals surface area contributed by atoms with Gasteiger partial charge in [-0.25, -0.2) is 17.1 Å². The summed E-state index contributed by atoms with van der Waals surface area (Å²) in [4.78, 5) is 10.2. The SMILES string of the molecule is Cc1c(Cl)cc(S(=O)(=O)N(C)CCCOc2ccc(F)cc2)cc1[N+](=O)[O-]. The van der Waals surface area contributed by atoms with E-state index < -0.39 is 14.9 Å². The quantitative estimate of drug-likeness (QED) is 0.371. The number of hydrogen-bond acceptors (Lipinski definition) is 5. The lowest BCUT2D eigenvalue weighted by atomic mass is 10.2. The maximum Gasteiger partial charge on any atom is 0.275 e. The first-order chi connectivity index (χ1) is 12.6. The molecule has 0 radical (unpaired) electrons. The predicted molar refractivity (Wildman–Crippen MR) is 99.2 cm³/mol. The van der Waals surface area contributed by atoms with E-state index in [2.05, 4.69) is 0 Å². The van der Waals surface area contributed by atoms with Gasteiger partial charge in [-0.2, -0.15) is 0 Å². The second-order valence-electron chi connectivity index (χ2n) is 5.79. The van der Waals surface area contributed by atoms with Gasteiger partial charge in [-0.05, 0) is 43.7 Å². The van der Waals surface area contributed by atoms with Gasteiger partial charge in [0.15, 0.2) is 0 Å². The predicted octanol–water partition coefficient (Wildman–Crippen LogP) is 3.79. The number of halogens is 2. The average molecular weight is 417 g/mol. The first kappa shape index (κ1) is 21.1. The highest BCUT2D eigenvalue weighted by atomic mass is 35.5. The third-order valence-corrected chi connectivity index (χ3v) is 6.12. The van der Waals surface area contributed by atoms with E-state index in [1.54, 1.807) is 0 Å². The number of nitro benzene ring substituents is 1. The number of sulfonamides is 1. The Labute approximate surface area is 161 Å². The molecule has 0 N–H and O–H groups in total. The van der Waals surface area contributed by atoms with E-state index in [-0.39, 0.29) is 40.1 Å². The van der Waals surface area contributed by atoms with Crippen LogP contribution in [0.3, 0.4) is 0 Å². The summed E-state index contributed by atoms with van der Waals surface area (Å²) in [5.74, 6) is 0.0990. The Kier molecular flexibility index (Phi) is 6.74. The molecule has 0 heterocycles. The van der Waals surface area contributed by atoms with Gasteiger partial charge in [-0.15, -0.1) is 0 Å². The van der Waals surface area contributed by atoms with Gasteiger partial charge in [0.05, 0.1) is 21.4 Å². The number of benzene rings is 2. The van der Waals surface area contributed by atoms with Crippen LogP contribution in [0.4, 0.5) is 10.1 Å². The molecule has 10 heteroatoms. The first-order valence-corrected chi connectivity index (χ1v) is 9.74. The van der Waals surface area contributed by atoms with Crippen LogP contribution >= 0.6 is 11.6 Å². The monoisotopic (exact) mass is 416 g/mol. The first-order valence-electron chi connectivity index (χ1n) is 7.92. The number of ether oxygens (including phenoxy) is 1. The molecule has 0 aromatic heterocycles. The van der Waals surface area contributed by atoms with Crippen LogP contribution in [-0.4, -0.2) is 37.8 Å². The normalized spacial score (nSPS) is 11.6. The van der Waals surface area contributed by atoms with Crippen molar-refractivity contribution in [2.75, 3.05) is 20.2 Å². The standard InChI is InChI=1S/C17H18ClFN2O5S/c1-12-16(18)10-15(11-17(12)21(22)23)27(24,25)20(2)8-3-9-26-14-6-4-13(19)5-7-14/h4-7,10-11H,3,8-9H2,1-2H3. The highest BCUT2D eigenvalue weighted by Gasteiger charge is 2.25. The van der Waals surface area contributed by atoms with Crippen LogP contribution in [0.2, 0.25) is 5.02 Å². The lowest BCUT2D eigenvalue weighted by Crippen LogP contribution is -2.29. The van der Waals surface area contributed by atoms with Crippen molar-refractivity contribution in [1.29, 1.82) is 0 Å². The number of rotatable bonds is 8. The van der Waals surface area contributed by atoms with Gasteiger partial charge in [-0.3, -0.25) is 10.1 Å². The van der Waals surface area contributed by atoms with Crippen molar-refractivity contribution in [2.24, 2.45) is 0 Å². The van der Waals surface area contributed by atoms with Crippen LogP contribution in [0.15, 0.2) is 41.3 Å². The summed E-state index contributed by atoms with van der Waals surface area (Å²) in [5.41, 5.74) is -0.148. The summed E-state index contributed by atoms with van der Waals surface area (Å²) in [5, 5.41) is 11.1. The molecule has 0 saturated heterocycles. The van der Waals surface area contributed by atoms with Gasteiger partial charge >= 0.3 is 0 Å². The molecule has 0 aliphatic heterocycles. The molecule has 2 aromatic rings. The molecule has 0 aliphatic rings. The molecular formula is C17H18ClFN2O5S. The van der Waals surface area contributed by atoms with Crippen molar-refractivity contribution in [1.82, 2.24) is 4.31 Å². The van der Waals surface area contributed by atoms with Crippen molar-refractivity contribution < 1.29 is 22.5 Å². The van der Waals surface area contributed by atoms with Crippen LogP contribution in [0, 0.1) is 22.9 Å². The topological polar surface area (TPSA) is 89.8 Å². The minimum atomic E-state index is -3.95. The van der Waals surface area contributed by atoms with Crippen LogP contribution in [0.5, 0.6) is 5.75 Å². The van der Waals surface area contributed by atoms with Crippen LogP contribution < -0.4 is 4.74 Å². The van der Waals surface area contributed by atoms with Crippen LogP contribution in [-0.2, 0) is 10.0 Å². The van der Waals surface area contributed by atoms with Gasteiger partial charge in [0, 0.05) is 25.2 Å². The Bertz CT molecular complexity index is 935. The van der Waals surface area contributed by atoms with Crippen LogP contribution in [0.1, 0.15) is 12.0 Å². The Hall–Kier alpha value is -2.23. The third-order valence-electron chi connectivity index (χ3n) is 3.89. The van der Waals surface area contributed by atoms with Gasteiger partial charge < -0.3 is 4.74 Å². The van der Waals surface area contributed by atoms with E-state index in [4.69, 9.17) is 16.3 Å². The Morgan fingerprint density at radius 3 is 2.48 bits per heavy atom. The molecule has 146 valence electrons. The second-order valence-corrected chi connectivity index (χ2v) is 8.24. The van der Waals surface area contributed by atoms with Crippen LogP contribution in [0.25, 0.3) is 0 Å². The van der Waals surface area contributed by atoms with Gasteiger partial charge in [-0.1, -0.05) is 11.6 Å². The lowest BCUT2D eigenvalue weighted by Gasteiger charge is -2.18. The summed E-state index contributed by atoms with van der Waals surface area (Å²) in [6, 6.07) is 7.68. The van der Waals surface area contributed by atoms with Crippen molar-refractivity contribution in [3.8, 4) is 5.75 Å². The zero-order valence-electron chi connectivity index (χ0n) is 14.7. The lowest BCUT2D eigenvalue weighted by molar-refractivity contribution is -0.385. The minimum absolute atomic E-state index is 0.0100. The van der Waals surface area contributed by atoms with E-state index in [9.17, 15) is 22.9 Å². The average Bonchev–Trinajstić information content (AvgIpc) is 2.61. The maximum atomic E-state index is 12.8. The number of nitrogens with zero attached hydrogens (tertiary/aromatic N) is 2. The molecule has 0 unspecified atom stereocenters. The fraction of sp³-hybridized carbons (Fsp3) is 0.294. The molecule has 0 aliphatic carbocycles. The third kappa shape index (κ3) is 5.15. The van der Waals surface area contributed by atoms with E-state index in [0.29, 0.717) is 12.2 Å². The molecule has 0 amide bonds. The van der Waals surface area contributed by atoms with Crippen molar-refractivity contribution in [2.45, 2.75) is 18.2 Å². The zero-order valence-corrected chi connectivity index (χ0v) is 16.3. The molecule has 2 rings (SSSR count). The summed E-state index contributed by atoms with van der Waals surface area (Å²) in [6.07, 6.45) is 0.370. The highest BCUT2D eigenvalue weighted by Crippen LogP contribution is 2.30. The highest BCUT2D eigenvalue weighted by molar-refractivity contribution is 7.89. The zero-order chi connectivity index (χ0) is 20.2. The summed E-state index contributed by atoms with van der Waals surface area (Å²) < 4.78 is 44.6. The number of nitro groups is 1. The largest absolute Gasteiger partial charge is 0.494 e. The van der Waals surface area contributed by atoms with E-state index in [1.165, 1.54) is 44.3 Å². The fourth-order valence-corrected chi connectivity index (χ4v) is 3.82. The fourth-order valence-electron chi connectivity index (χ4n) is 2.29. The molecule has 0 bridgehead atoms. The molecule has 7 nitrogen and oxygen atoms in total. The summed E-state index contributed by atoms with van der Waals surface area (Å²) in [6.45, 7) is 1.80. The molecule has 27 heavy (non-hydrogen) atoms. The molecule has 0 saturated carbocycles. The van der Waals surface area contributed by atoms with Gasteiger partial charge in [0.25, 0.3) is 5.69 Å². The second kappa shape index (κ2) is 8.64. The van der Waals surface area contributed by atoms with Gasteiger partial charge in [0.2, 0.25) is 10.0 Å². The number of hydrogen-bond donors (Lipinski definition) is 0. The summed E-state index contributed by atoms with van der Waals surface area (Å²) >= 11 is 5.95. The molecule has 2 aromatic carbocycles. The Morgan fingerprint density at radius 1 is 1.26 bits per heavy atom.